The lowest BCUT2D eigenvalue weighted by molar-refractivity contribution is 0.213. The summed E-state index contributed by atoms with van der Waals surface area (Å²) >= 11 is 0. The van der Waals surface area contributed by atoms with Crippen LogP contribution in [-0.4, -0.2) is 44.9 Å². The zero-order valence-corrected chi connectivity index (χ0v) is 12.7. The summed E-state index contributed by atoms with van der Waals surface area (Å²) in [6.45, 7) is 3.89. The fraction of sp³-hybridized carbons (Fsp3) is 0.571. The van der Waals surface area contributed by atoms with Crippen molar-refractivity contribution in [1.29, 1.82) is 0 Å². The molecule has 1 saturated heterocycles. The van der Waals surface area contributed by atoms with Crippen LogP contribution in [0, 0.1) is 0 Å². The molecule has 0 aliphatic carbocycles. The summed E-state index contributed by atoms with van der Waals surface area (Å²) in [6, 6.07) is 5.44. The monoisotopic (exact) mass is 300 g/mol. The first kappa shape index (κ1) is 15.1. The predicted octanol–water partition coefficient (Wildman–Crippen LogP) is 1.14. The minimum absolute atomic E-state index is 0.0250. The van der Waals surface area contributed by atoms with E-state index >= 15 is 0 Å². The first-order valence-electron chi connectivity index (χ1n) is 6.44. The molecule has 112 valence electrons. The molecule has 1 N–H and O–H groups in total. The van der Waals surface area contributed by atoms with E-state index in [1.54, 1.807) is 6.07 Å². The standard InChI is InChI=1S/C14H20O5S/c1-14(2,9-15)10-4-5-12(13(6-10)18-3)19-11-7-20(16,17)8-11/h4-6,11,15H,7-9H2,1-3H3. The fourth-order valence-corrected chi connectivity index (χ4v) is 3.21. The normalized spacial score (nSPS) is 18.4. The molecule has 0 saturated carbocycles. The van der Waals surface area contributed by atoms with Gasteiger partial charge in [-0.3, -0.25) is 0 Å². The topological polar surface area (TPSA) is 72.8 Å². The van der Waals surface area contributed by atoms with Gasteiger partial charge in [0, 0.05) is 5.41 Å². The van der Waals surface area contributed by atoms with Gasteiger partial charge in [0.2, 0.25) is 0 Å². The third kappa shape index (κ3) is 3.07. The van der Waals surface area contributed by atoms with Crippen molar-refractivity contribution in [2.24, 2.45) is 0 Å². The maximum absolute atomic E-state index is 11.1. The smallest absolute Gasteiger partial charge is 0.161 e. The number of rotatable bonds is 5. The van der Waals surface area contributed by atoms with Crippen molar-refractivity contribution in [3.8, 4) is 11.5 Å². The Kier molecular flexibility index (Phi) is 3.97. The average Bonchev–Trinajstić information content (AvgIpc) is 2.36. The van der Waals surface area contributed by atoms with Gasteiger partial charge in [0.25, 0.3) is 0 Å². The molecule has 0 unspecified atom stereocenters. The maximum Gasteiger partial charge on any atom is 0.161 e. The molecular formula is C14H20O5S. The number of ether oxygens (including phenoxy) is 2. The van der Waals surface area contributed by atoms with Crippen LogP contribution in [0.2, 0.25) is 0 Å². The summed E-state index contributed by atoms with van der Waals surface area (Å²) < 4.78 is 33.2. The van der Waals surface area contributed by atoms with Crippen LogP contribution < -0.4 is 9.47 Å². The summed E-state index contributed by atoms with van der Waals surface area (Å²) in [6.07, 6.45) is -0.300. The Labute approximate surface area is 119 Å². The number of aliphatic hydroxyl groups is 1. The third-order valence-corrected chi connectivity index (χ3v) is 5.27. The highest BCUT2D eigenvalue weighted by Crippen LogP contribution is 2.34. The third-order valence-electron chi connectivity index (χ3n) is 3.51. The van der Waals surface area contributed by atoms with Gasteiger partial charge in [0.1, 0.15) is 6.10 Å². The van der Waals surface area contributed by atoms with Crippen molar-refractivity contribution >= 4 is 9.84 Å². The summed E-state index contributed by atoms with van der Waals surface area (Å²) in [5, 5.41) is 9.39. The van der Waals surface area contributed by atoms with Gasteiger partial charge in [-0.05, 0) is 17.7 Å². The van der Waals surface area contributed by atoms with E-state index in [0.717, 1.165) is 5.56 Å². The highest BCUT2D eigenvalue weighted by Gasteiger charge is 2.35. The second-order valence-electron chi connectivity index (χ2n) is 5.72. The SMILES string of the molecule is COc1cc(C(C)(C)CO)ccc1OC1CS(=O)(=O)C1. The van der Waals surface area contributed by atoms with Crippen molar-refractivity contribution in [3.63, 3.8) is 0 Å². The molecule has 0 bridgehead atoms. The quantitative estimate of drug-likeness (QED) is 0.883. The molecule has 0 amide bonds. The van der Waals surface area contributed by atoms with Crippen LogP contribution >= 0.6 is 0 Å². The Morgan fingerprint density at radius 2 is 1.95 bits per heavy atom. The molecular weight excluding hydrogens is 280 g/mol. The molecule has 1 aromatic rings. The molecule has 2 rings (SSSR count). The van der Waals surface area contributed by atoms with Crippen LogP contribution in [0.5, 0.6) is 11.5 Å². The van der Waals surface area contributed by atoms with Gasteiger partial charge in [-0.15, -0.1) is 0 Å². The second kappa shape index (κ2) is 5.26. The molecule has 1 aliphatic heterocycles. The van der Waals surface area contributed by atoms with Gasteiger partial charge in [0.15, 0.2) is 21.3 Å². The van der Waals surface area contributed by atoms with Gasteiger partial charge in [-0.1, -0.05) is 19.9 Å². The molecule has 5 nitrogen and oxygen atoms in total. The first-order valence-corrected chi connectivity index (χ1v) is 8.26. The van der Waals surface area contributed by atoms with Crippen LogP contribution in [0.4, 0.5) is 0 Å². The minimum Gasteiger partial charge on any atom is -0.493 e. The number of aliphatic hydroxyl groups excluding tert-OH is 1. The van der Waals surface area contributed by atoms with Crippen LogP contribution in [0.25, 0.3) is 0 Å². The van der Waals surface area contributed by atoms with Gasteiger partial charge >= 0.3 is 0 Å². The summed E-state index contributed by atoms with van der Waals surface area (Å²) in [5.74, 6) is 1.19. The van der Waals surface area contributed by atoms with Gasteiger partial charge in [-0.25, -0.2) is 8.42 Å². The highest BCUT2D eigenvalue weighted by atomic mass is 32.2. The van der Waals surface area contributed by atoms with Crippen LogP contribution in [0.3, 0.4) is 0 Å². The predicted molar refractivity (Wildman–Crippen MR) is 76.2 cm³/mol. The van der Waals surface area contributed by atoms with E-state index in [0.29, 0.717) is 11.5 Å². The minimum atomic E-state index is -2.90. The fourth-order valence-electron chi connectivity index (χ4n) is 2.04. The van der Waals surface area contributed by atoms with E-state index in [1.807, 2.05) is 26.0 Å². The number of hydrogen-bond acceptors (Lipinski definition) is 5. The number of hydrogen-bond donors (Lipinski definition) is 1. The van der Waals surface area contributed by atoms with Crippen LogP contribution in [-0.2, 0) is 15.3 Å². The molecule has 1 aromatic carbocycles. The van der Waals surface area contributed by atoms with Crippen molar-refractivity contribution in [2.75, 3.05) is 25.2 Å². The van der Waals surface area contributed by atoms with E-state index in [4.69, 9.17) is 9.47 Å². The van der Waals surface area contributed by atoms with Crippen molar-refractivity contribution in [3.05, 3.63) is 23.8 Å². The number of benzene rings is 1. The Balaban J connectivity index is 2.19. The lowest BCUT2D eigenvalue weighted by Gasteiger charge is -2.28. The molecule has 1 heterocycles. The molecule has 0 aromatic heterocycles. The average molecular weight is 300 g/mol. The second-order valence-corrected chi connectivity index (χ2v) is 7.88. The summed E-state index contributed by atoms with van der Waals surface area (Å²) in [4.78, 5) is 0. The molecule has 1 aliphatic rings. The Morgan fingerprint density at radius 3 is 2.45 bits per heavy atom. The molecule has 1 fully saturated rings. The van der Waals surface area contributed by atoms with E-state index in [-0.39, 0.29) is 29.6 Å². The zero-order valence-electron chi connectivity index (χ0n) is 11.9. The lowest BCUT2D eigenvalue weighted by atomic mass is 9.85. The van der Waals surface area contributed by atoms with Gasteiger partial charge in [0.05, 0.1) is 25.2 Å². The molecule has 0 atom stereocenters. The first-order chi connectivity index (χ1) is 9.27. The number of methoxy groups -OCH3 is 1. The molecule has 0 spiro atoms. The Hall–Kier alpha value is -1.27. The van der Waals surface area contributed by atoms with Gasteiger partial charge < -0.3 is 14.6 Å². The lowest BCUT2D eigenvalue weighted by Crippen LogP contribution is -2.45. The highest BCUT2D eigenvalue weighted by molar-refractivity contribution is 7.92. The van der Waals surface area contributed by atoms with Crippen molar-refractivity contribution in [2.45, 2.75) is 25.4 Å². The number of sulfone groups is 1. The van der Waals surface area contributed by atoms with Gasteiger partial charge in [-0.2, -0.15) is 0 Å². The van der Waals surface area contributed by atoms with Crippen LogP contribution in [0.1, 0.15) is 19.4 Å². The van der Waals surface area contributed by atoms with Crippen molar-refractivity contribution in [1.82, 2.24) is 0 Å². The van der Waals surface area contributed by atoms with E-state index < -0.39 is 9.84 Å². The Bertz CT molecular complexity index is 580. The summed E-state index contributed by atoms with van der Waals surface area (Å²) in [7, 11) is -1.37. The van der Waals surface area contributed by atoms with E-state index in [2.05, 4.69) is 0 Å². The maximum atomic E-state index is 11.1. The largest absolute Gasteiger partial charge is 0.493 e. The van der Waals surface area contributed by atoms with Crippen molar-refractivity contribution < 1.29 is 23.0 Å². The molecule has 6 heteroatoms. The molecule has 20 heavy (non-hydrogen) atoms. The van der Waals surface area contributed by atoms with Crippen LogP contribution in [0.15, 0.2) is 18.2 Å². The van der Waals surface area contributed by atoms with E-state index in [1.165, 1.54) is 7.11 Å². The van der Waals surface area contributed by atoms with E-state index in [9.17, 15) is 13.5 Å². The molecule has 0 radical (unpaired) electrons. The summed E-state index contributed by atoms with van der Waals surface area (Å²) in [5.41, 5.74) is 0.566. The zero-order chi connectivity index (χ0) is 15.0. The Morgan fingerprint density at radius 1 is 1.30 bits per heavy atom.